The fraction of sp³-hybridized carbons (Fsp3) is 0.368. The number of nitrogens with one attached hydrogen (secondary N) is 1. The van der Waals surface area contributed by atoms with Crippen LogP contribution in [-0.4, -0.2) is 13.1 Å². The molecule has 0 bridgehead atoms. The first kappa shape index (κ1) is 14.6. The molecule has 1 heterocycles. The Kier molecular flexibility index (Phi) is 4.32. The topological polar surface area (TPSA) is 12.0 Å². The molecule has 2 aromatic rings. The molecule has 0 amide bonds. The maximum absolute atomic E-state index is 6.45. The van der Waals surface area contributed by atoms with E-state index in [1.165, 1.54) is 28.7 Å². The van der Waals surface area contributed by atoms with Crippen LogP contribution in [0.15, 0.2) is 42.5 Å². The van der Waals surface area contributed by atoms with Crippen molar-refractivity contribution >= 4 is 11.6 Å². The second-order valence-corrected chi connectivity index (χ2v) is 6.42. The summed E-state index contributed by atoms with van der Waals surface area (Å²) in [6.45, 7) is 6.53. The highest BCUT2D eigenvalue weighted by Gasteiger charge is 2.29. The van der Waals surface area contributed by atoms with Crippen LogP contribution in [0, 0.1) is 13.8 Å². The van der Waals surface area contributed by atoms with E-state index in [1.807, 2.05) is 12.1 Å². The Bertz CT molecular complexity index is 635. The normalized spacial score (nSPS) is 22.2. The van der Waals surface area contributed by atoms with Crippen LogP contribution in [0.2, 0.25) is 5.02 Å². The predicted molar refractivity (Wildman–Crippen MR) is 90.3 cm³/mol. The van der Waals surface area contributed by atoms with Gasteiger partial charge in [0.2, 0.25) is 0 Å². The van der Waals surface area contributed by atoms with Gasteiger partial charge in [0, 0.05) is 17.5 Å². The van der Waals surface area contributed by atoms with Gasteiger partial charge in [0.05, 0.1) is 0 Å². The Morgan fingerprint density at radius 3 is 2.52 bits per heavy atom. The minimum Gasteiger partial charge on any atom is -0.316 e. The molecule has 1 N–H and O–H groups in total. The number of benzene rings is 2. The first-order valence-electron chi connectivity index (χ1n) is 7.69. The molecule has 2 unspecified atom stereocenters. The standard InChI is InChI=1S/C19H22ClN/c1-13-6-5-8-15(14(13)2)16-10-11-21-12-18(16)17-7-3-4-9-19(17)20/h3-9,16,18,21H,10-12H2,1-2H3. The van der Waals surface area contributed by atoms with Crippen LogP contribution in [-0.2, 0) is 0 Å². The zero-order chi connectivity index (χ0) is 14.8. The fourth-order valence-electron chi connectivity index (χ4n) is 3.51. The molecule has 0 saturated carbocycles. The molecule has 0 radical (unpaired) electrons. The predicted octanol–water partition coefficient (Wildman–Crippen LogP) is 4.82. The maximum Gasteiger partial charge on any atom is 0.0441 e. The van der Waals surface area contributed by atoms with Gasteiger partial charge in [-0.15, -0.1) is 0 Å². The van der Waals surface area contributed by atoms with Gasteiger partial charge in [0.1, 0.15) is 0 Å². The van der Waals surface area contributed by atoms with Crippen molar-refractivity contribution in [2.24, 2.45) is 0 Å². The lowest BCUT2D eigenvalue weighted by atomic mass is 9.75. The lowest BCUT2D eigenvalue weighted by molar-refractivity contribution is 0.403. The van der Waals surface area contributed by atoms with Gasteiger partial charge in [0.15, 0.2) is 0 Å². The van der Waals surface area contributed by atoms with Crippen molar-refractivity contribution in [3.8, 4) is 0 Å². The Labute approximate surface area is 132 Å². The summed E-state index contributed by atoms with van der Waals surface area (Å²) in [6.07, 6.45) is 1.17. The third kappa shape index (κ3) is 2.86. The van der Waals surface area contributed by atoms with Crippen molar-refractivity contribution in [2.45, 2.75) is 32.1 Å². The molecular weight excluding hydrogens is 278 g/mol. The van der Waals surface area contributed by atoms with E-state index >= 15 is 0 Å². The fourth-order valence-corrected chi connectivity index (χ4v) is 3.78. The molecule has 2 aromatic carbocycles. The van der Waals surface area contributed by atoms with E-state index in [0.717, 1.165) is 18.1 Å². The summed E-state index contributed by atoms with van der Waals surface area (Å²) in [7, 11) is 0. The molecule has 110 valence electrons. The minimum absolute atomic E-state index is 0.452. The Morgan fingerprint density at radius 2 is 1.71 bits per heavy atom. The smallest absolute Gasteiger partial charge is 0.0441 e. The largest absolute Gasteiger partial charge is 0.316 e. The number of aryl methyl sites for hydroxylation is 1. The zero-order valence-corrected chi connectivity index (χ0v) is 13.5. The van der Waals surface area contributed by atoms with Crippen molar-refractivity contribution in [1.29, 1.82) is 0 Å². The van der Waals surface area contributed by atoms with Crippen molar-refractivity contribution in [1.82, 2.24) is 5.32 Å². The van der Waals surface area contributed by atoms with E-state index in [2.05, 4.69) is 49.5 Å². The Balaban J connectivity index is 2.03. The van der Waals surface area contributed by atoms with Crippen molar-refractivity contribution in [3.05, 3.63) is 69.7 Å². The average molecular weight is 300 g/mol. The van der Waals surface area contributed by atoms with Crippen LogP contribution in [0.5, 0.6) is 0 Å². The van der Waals surface area contributed by atoms with E-state index in [1.54, 1.807) is 0 Å². The number of halogens is 1. The SMILES string of the molecule is Cc1cccc(C2CCNCC2c2ccccc2Cl)c1C. The summed E-state index contributed by atoms with van der Waals surface area (Å²) in [4.78, 5) is 0. The first-order valence-corrected chi connectivity index (χ1v) is 8.07. The van der Waals surface area contributed by atoms with Crippen LogP contribution in [0.1, 0.15) is 40.5 Å². The van der Waals surface area contributed by atoms with Crippen LogP contribution in [0.4, 0.5) is 0 Å². The first-order chi connectivity index (χ1) is 10.2. The third-order valence-electron chi connectivity index (χ3n) is 4.83. The molecule has 3 rings (SSSR count). The van der Waals surface area contributed by atoms with E-state index in [4.69, 9.17) is 11.6 Å². The van der Waals surface area contributed by atoms with E-state index in [0.29, 0.717) is 11.8 Å². The number of hydrogen-bond donors (Lipinski definition) is 1. The van der Waals surface area contributed by atoms with Crippen molar-refractivity contribution in [2.75, 3.05) is 13.1 Å². The lowest BCUT2D eigenvalue weighted by Crippen LogP contribution is -2.34. The van der Waals surface area contributed by atoms with Gasteiger partial charge in [-0.2, -0.15) is 0 Å². The van der Waals surface area contributed by atoms with E-state index in [-0.39, 0.29) is 0 Å². The van der Waals surface area contributed by atoms with Gasteiger partial charge < -0.3 is 5.32 Å². The summed E-state index contributed by atoms with van der Waals surface area (Å²) in [6, 6.07) is 15.0. The summed E-state index contributed by atoms with van der Waals surface area (Å²) < 4.78 is 0. The summed E-state index contributed by atoms with van der Waals surface area (Å²) in [5.41, 5.74) is 5.57. The summed E-state index contributed by atoms with van der Waals surface area (Å²) in [5.74, 6) is 0.999. The van der Waals surface area contributed by atoms with Gasteiger partial charge in [-0.05, 0) is 61.1 Å². The second-order valence-electron chi connectivity index (χ2n) is 6.02. The van der Waals surface area contributed by atoms with Crippen LogP contribution in [0.25, 0.3) is 0 Å². The molecule has 0 aromatic heterocycles. The summed E-state index contributed by atoms with van der Waals surface area (Å²) >= 11 is 6.45. The molecule has 1 aliphatic rings. The van der Waals surface area contributed by atoms with Crippen LogP contribution < -0.4 is 5.32 Å². The monoisotopic (exact) mass is 299 g/mol. The molecule has 1 nitrogen and oxygen atoms in total. The molecule has 2 atom stereocenters. The molecular formula is C19H22ClN. The van der Waals surface area contributed by atoms with Crippen LogP contribution >= 0.6 is 11.6 Å². The highest BCUT2D eigenvalue weighted by Crippen LogP contribution is 2.41. The van der Waals surface area contributed by atoms with Crippen molar-refractivity contribution < 1.29 is 0 Å². The molecule has 0 spiro atoms. The average Bonchev–Trinajstić information content (AvgIpc) is 2.51. The van der Waals surface area contributed by atoms with E-state index in [9.17, 15) is 0 Å². The van der Waals surface area contributed by atoms with Gasteiger partial charge in [-0.3, -0.25) is 0 Å². The molecule has 1 fully saturated rings. The van der Waals surface area contributed by atoms with Gasteiger partial charge >= 0.3 is 0 Å². The Hall–Kier alpha value is -1.31. The molecule has 2 heteroatoms. The molecule has 0 aliphatic carbocycles. The molecule has 1 aliphatic heterocycles. The highest BCUT2D eigenvalue weighted by atomic mass is 35.5. The lowest BCUT2D eigenvalue weighted by Gasteiger charge is -2.34. The number of rotatable bonds is 2. The number of hydrogen-bond acceptors (Lipinski definition) is 1. The van der Waals surface area contributed by atoms with Gasteiger partial charge in [0.25, 0.3) is 0 Å². The summed E-state index contributed by atoms with van der Waals surface area (Å²) in [5, 5.41) is 4.43. The second kappa shape index (κ2) is 6.21. The van der Waals surface area contributed by atoms with Gasteiger partial charge in [-0.25, -0.2) is 0 Å². The molecule has 1 saturated heterocycles. The minimum atomic E-state index is 0.452. The zero-order valence-electron chi connectivity index (χ0n) is 12.7. The van der Waals surface area contributed by atoms with E-state index < -0.39 is 0 Å². The van der Waals surface area contributed by atoms with Crippen molar-refractivity contribution in [3.63, 3.8) is 0 Å². The quantitative estimate of drug-likeness (QED) is 0.838. The van der Waals surface area contributed by atoms with Gasteiger partial charge in [-0.1, -0.05) is 48.0 Å². The number of piperidine rings is 1. The van der Waals surface area contributed by atoms with Crippen LogP contribution in [0.3, 0.4) is 0 Å². The Morgan fingerprint density at radius 1 is 0.952 bits per heavy atom. The maximum atomic E-state index is 6.45. The molecule has 21 heavy (non-hydrogen) atoms. The highest BCUT2D eigenvalue weighted by molar-refractivity contribution is 6.31. The third-order valence-corrected chi connectivity index (χ3v) is 5.18.